The van der Waals surface area contributed by atoms with Crippen LogP contribution in [0.5, 0.6) is 0 Å². The van der Waals surface area contributed by atoms with Gasteiger partial charge in [0.05, 0.1) is 11.8 Å². The third-order valence-corrected chi connectivity index (χ3v) is 3.46. The third kappa shape index (κ3) is 2.56. The second-order valence-electron chi connectivity index (χ2n) is 4.47. The largest absolute Gasteiger partial charge is 0.393 e. The fraction of sp³-hybridized carbons (Fsp3) is 0.500. The van der Waals surface area contributed by atoms with Crippen molar-refractivity contribution in [1.29, 1.82) is 0 Å². The lowest BCUT2D eigenvalue weighted by Gasteiger charge is -2.21. The molecular weight excluding hydrogens is 234 g/mol. The van der Waals surface area contributed by atoms with E-state index >= 15 is 0 Å². The number of pyridine rings is 1. The standard InChI is InChI=1S/C12H17N3OS/c1-8(16)9-4-6-15(7-9)10-3-2-5-14-11(10)12(13)17/h2-3,5,8-9,16H,4,6-7H2,1H3,(H2,13,17). The summed E-state index contributed by atoms with van der Waals surface area (Å²) in [6, 6.07) is 3.86. The van der Waals surface area contributed by atoms with Crippen molar-refractivity contribution in [2.24, 2.45) is 11.7 Å². The van der Waals surface area contributed by atoms with Crippen molar-refractivity contribution in [2.75, 3.05) is 18.0 Å². The number of anilines is 1. The average Bonchev–Trinajstić information content (AvgIpc) is 2.78. The van der Waals surface area contributed by atoms with Gasteiger partial charge in [-0.25, -0.2) is 0 Å². The van der Waals surface area contributed by atoms with E-state index in [0.717, 1.165) is 25.2 Å². The van der Waals surface area contributed by atoms with E-state index in [1.54, 1.807) is 6.20 Å². The summed E-state index contributed by atoms with van der Waals surface area (Å²) in [7, 11) is 0. The lowest BCUT2D eigenvalue weighted by Crippen LogP contribution is -2.26. The van der Waals surface area contributed by atoms with Crippen LogP contribution in [0.1, 0.15) is 19.0 Å². The summed E-state index contributed by atoms with van der Waals surface area (Å²) in [5.74, 6) is 0.314. The summed E-state index contributed by atoms with van der Waals surface area (Å²) in [6.45, 7) is 3.59. The number of nitrogens with two attached hydrogens (primary N) is 1. The topological polar surface area (TPSA) is 62.4 Å². The van der Waals surface area contributed by atoms with E-state index in [-0.39, 0.29) is 6.10 Å². The van der Waals surface area contributed by atoms with Gasteiger partial charge in [0.15, 0.2) is 0 Å². The van der Waals surface area contributed by atoms with E-state index in [9.17, 15) is 5.11 Å². The van der Waals surface area contributed by atoms with Crippen LogP contribution in [0.15, 0.2) is 18.3 Å². The van der Waals surface area contributed by atoms with Crippen LogP contribution in [0.25, 0.3) is 0 Å². The smallest absolute Gasteiger partial charge is 0.124 e. The van der Waals surface area contributed by atoms with Gasteiger partial charge in [-0.15, -0.1) is 0 Å². The van der Waals surface area contributed by atoms with Gasteiger partial charge in [-0.2, -0.15) is 0 Å². The minimum atomic E-state index is -0.273. The third-order valence-electron chi connectivity index (χ3n) is 3.27. The lowest BCUT2D eigenvalue weighted by molar-refractivity contribution is 0.136. The molecule has 3 N–H and O–H groups in total. The summed E-state index contributed by atoms with van der Waals surface area (Å²) in [5.41, 5.74) is 7.32. The van der Waals surface area contributed by atoms with Crippen molar-refractivity contribution in [2.45, 2.75) is 19.4 Å². The van der Waals surface area contributed by atoms with Gasteiger partial charge < -0.3 is 15.7 Å². The molecule has 0 radical (unpaired) electrons. The Morgan fingerprint density at radius 3 is 3.06 bits per heavy atom. The Hall–Kier alpha value is -1.20. The van der Waals surface area contributed by atoms with Crippen molar-refractivity contribution >= 4 is 22.9 Å². The van der Waals surface area contributed by atoms with Crippen molar-refractivity contribution in [3.63, 3.8) is 0 Å². The maximum atomic E-state index is 9.60. The van der Waals surface area contributed by atoms with Gasteiger partial charge in [-0.1, -0.05) is 12.2 Å². The van der Waals surface area contributed by atoms with Crippen LogP contribution in [0.4, 0.5) is 5.69 Å². The van der Waals surface area contributed by atoms with E-state index in [4.69, 9.17) is 18.0 Å². The summed E-state index contributed by atoms with van der Waals surface area (Å²) in [6.07, 6.45) is 2.41. The van der Waals surface area contributed by atoms with E-state index in [0.29, 0.717) is 16.6 Å². The maximum Gasteiger partial charge on any atom is 0.124 e. The Morgan fingerprint density at radius 1 is 1.71 bits per heavy atom. The predicted octanol–water partition coefficient (Wildman–Crippen LogP) is 0.923. The highest BCUT2D eigenvalue weighted by Crippen LogP contribution is 2.27. The molecule has 1 aliphatic rings. The molecule has 0 spiro atoms. The van der Waals surface area contributed by atoms with Gasteiger partial charge in [-0.3, -0.25) is 4.98 Å². The van der Waals surface area contributed by atoms with Crippen molar-refractivity contribution in [1.82, 2.24) is 4.98 Å². The molecule has 2 rings (SSSR count). The van der Waals surface area contributed by atoms with Crippen LogP contribution in [-0.2, 0) is 0 Å². The molecule has 2 heterocycles. The van der Waals surface area contributed by atoms with Crippen LogP contribution < -0.4 is 10.6 Å². The van der Waals surface area contributed by atoms with Crippen LogP contribution in [0.3, 0.4) is 0 Å². The normalized spacial score (nSPS) is 21.5. The quantitative estimate of drug-likeness (QED) is 0.782. The SMILES string of the molecule is CC(O)C1CCN(c2cccnc2C(N)=S)C1. The Labute approximate surface area is 106 Å². The molecule has 0 saturated carbocycles. The van der Waals surface area contributed by atoms with Crippen molar-refractivity contribution in [3.05, 3.63) is 24.0 Å². The Kier molecular flexibility index (Phi) is 3.59. The molecule has 0 bridgehead atoms. The first-order chi connectivity index (χ1) is 8.09. The second-order valence-corrected chi connectivity index (χ2v) is 4.91. The number of aliphatic hydroxyl groups is 1. The molecule has 1 aromatic heterocycles. The number of nitrogens with zero attached hydrogens (tertiary/aromatic N) is 2. The lowest BCUT2D eigenvalue weighted by atomic mass is 10.0. The van der Waals surface area contributed by atoms with Gasteiger partial charge in [0, 0.05) is 25.2 Å². The second kappa shape index (κ2) is 4.98. The van der Waals surface area contributed by atoms with Crippen molar-refractivity contribution < 1.29 is 5.11 Å². The van der Waals surface area contributed by atoms with E-state index < -0.39 is 0 Å². The molecule has 4 nitrogen and oxygen atoms in total. The Morgan fingerprint density at radius 2 is 2.47 bits per heavy atom. The number of hydrogen-bond donors (Lipinski definition) is 2. The van der Waals surface area contributed by atoms with Crippen LogP contribution >= 0.6 is 12.2 Å². The van der Waals surface area contributed by atoms with Crippen LogP contribution in [0, 0.1) is 5.92 Å². The van der Waals surface area contributed by atoms with Crippen molar-refractivity contribution in [3.8, 4) is 0 Å². The minimum absolute atomic E-state index is 0.273. The molecule has 2 atom stereocenters. The van der Waals surface area contributed by atoms with Gasteiger partial charge in [0.2, 0.25) is 0 Å². The molecule has 2 unspecified atom stereocenters. The number of aromatic nitrogens is 1. The van der Waals surface area contributed by atoms with E-state index in [1.165, 1.54) is 0 Å². The fourth-order valence-corrected chi connectivity index (χ4v) is 2.40. The Bertz CT molecular complexity index is 422. The van der Waals surface area contributed by atoms with E-state index in [1.807, 2.05) is 19.1 Å². The van der Waals surface area contributed by atoms with Gasteiger partial charge in [-0.05, 0) is 25.5 Å². The summed E-state index contributed by atoms with van der Waals surface area (Å²) in [4.78, 5) is 6.74. The molecule has 0 aliphatic carbocycles. The average molecular weight is 251 g/mol. The summed E-state index contributed by atoms with van der Waals surface area (Å²) >= 11 is 5.01. The maximum absolute atomic E-state index is 9.60. The molecule has 17 heavy (non-hydrogen) atoms. The highest BCUT2D eigenvalue weighted by atomic mass is 32.1. The fourth-order valence-electron chi connectivity index (χ4n) is 2.24. The number of thiocarbonyl (C=S) groups is 1. The van der Waals surface area contributed by atoms with Gasteiger partial charge in [0.1, 0.15) is 10.7 Å². The zero-order chi connectivity index (χ0) is 12.4. The number of rotatable bonds is 3. The zero-order valence-corrected chi connectivity index (χ0v) is 10.7. The molecule has 1 aliphatic heterocycles. The first-order valence-electron chi connectivity index (χ1n) is 5.77. The van der Waals surface area contributed by atoms with Gasteiger partial charge >= 0.3 is 0 Å². The predicted molar refractivity (Wildman–Crippen MR) is 72.1 cm³/mol. The highest BCUT2D eigenvalue weighted by Gasteiger charge is 2.27. The van der Waals surface area contributed by atoms with E-state index in [2.05, 4.69) is 9.88 Å². The zero-order valence-electron chi connectivity index (χ0n) is 9.84. The minimum Gasteiger partial charge on any atom is -0.393 e. The first-order valence-corrected chi connectivity index (χ1v) is 6.18. The molecule has 1 fully saturated rings. The number of aliphatic hydroxyl groups excluding tert-OH is 1. The summed E-state index contributed by atoms with van der Waals surface area (Å²) < 4.78 is 0. The molecular formula is C12H17N3OS. The van der Waals surface area contributed by atoms with Gasteiger partial charge in [0.25, 0.3) is 0 Å². The molecule has 1 aromatic rings. The van der Waals surface area contributed by atoms with Crippen LogP contribution in [0.2, 0.25) is 0 Å². The van der Waals surface area contributed by atoms with Crippen LogP contribution in [-0.4, -0.2) is 34.3 Å². The molecule has 5 heteroatoms. The monoisotopic (exact) mass is 251 g/mol. The molecule has 0 amide bonds. The number of hydrogen-bond acceptors (Lipinski definition) is 4. The Balaban J connectivity index is 2.21. The molecule has 0 aromatic carbocycles. The highest BCUT2D eigenvalue weighted by molar-refractivity contribution is 7.80. The summed E-state index contributed by atoms with van der Waals surface area (Å²) in [5, 5.41) is 9.60. The molecule has 92 valence electrons. The molecule has 1 saturated heterocycles. The first kappa shape index (κ1) is 12.3.